The Morgan fingerprint density at radius 3 is 2.90 bits per heavy atom. The number of morpholine rings is 1. The fraction of sp³-hybridized carbons (Fsp3) is 0.438. The first-order valence-electron chi connectivity index (χ1n) is 7.08. The number of aryl methyl sites for hydroxylation is 1. The van der Waals surface area contributed by atoms with Gasteiger partial charge in [-0.2, -0.15) is 0 Å². The molecule has 1 fully saturated rings. The molecule has 21 heavy (non-hydrogen) atoms. The molecule has 0 spiro atoms. The summed E-state index contributed by atoms with van der Waals surface area (Å²) in [6, 6.07) is 5.84. The summed E-state index contributed by atoms with van der Waals surface area (Å²) < 4.78 is 12.4. The Morgan fingerprint density at radius 1 is 1.38 bits per heavy atom. The Bertz CT molecular complexity index is 694. The van der Waals surface area contributed by atoms with Crippen molar-refractivity contribution in [1.29, 1.82) is 0 Å². The average Bonchev–Trinajstić information content (AvgIpc) is 2.78. The lowest BCUT2D eigenvalue weighted by Gasteiger charge is -2.36. The smallest absolute Gasteiger partial charge is 0.290 e. The molecule has 0 N–H and O–H groups in total. The van der Waals surface area contributed by atoms with Gasteiger partial charge in [0.2, 0.25) is 0 Å². The van der Waals surface area contributed by atoms with E-state index in [1.165, 1.54) is 0 Å². The van der Waals surface area contributed by atoms with Crippen molar-refractivity contribution < 1.29 is 13.9 Å². The van der Waals surface area contributed by atoms with E-state index in [9.17, 15) is 4.79 Å². The molecule has 112 valence electrons. The van der Waals surface area contributed by atoms with Crippen LogP contribution in [0.3, 0.4) is 0 Å². The van der Waals surface area contributed by atoms with Crippen LogP contribution >= 0.6 is 15.9 Å². The lowest BCUT2D eigenvalue weighted by molar-refractivity contribution is -0.0396. The highest BCUT2D eigenvalue weighted by atomic mass is 79.9. The van der Waals surface area contributed by atoms with Crippen molar-refractivity contribution in [1.82, 2.24) is 4.90 Å². The highest BCUT2D eigenvalue weighted by molar-refractivity contribution is 9.10. The number of nitrogens with zero attached hydrogens (tertiary/aromatic N) is 1. The van der Waals surface area contributed by atoms with Gasteiger partial charge in [-0.1, -0.05) is 15.9 Å². The summed E-state index contributed by atoms with van der Waals surface area (Å²) in [6.07, 6.45) is 0.0592. The number of carbonyl (C=O) groups is 1. The van der Waals surface area contributed by atoms with E-state index < -0.39 is 0 Å². The van der Waals surface area contributed by atoms with Gasteiger partial charge in [-0.15, -0.1) is 0 Å². The molecule has 5 heteroatoms. The van der Waals surface area contributed by atoms with Crippen molar-refractivity contribution in [3.05, 3.63) is 34.0 Å². The summed E-state index contributed by atoms with van der Waals surface area (Å²) in [6.45, 7) is 7.07. The van der Waals surface area contributed by atoms with Crippen molar-refractivity contribution >= 4 is 32.8 Å². The molecule has 1 aliphatic heterocycles. The van der Waals surface area contributed by atoms with Crippen LogP contribution in [0.25, 0.3) is 11.0 Å². The van der Waals surface area contributed by atoms with Gasteiger partial charge in [0.25, 0.3) is 5.91 Å². The maximum absolute atomic E-state index is 12.8. The number of amides is 1. The molecule has 0 aliphatic carbocycles. The van der Waals surface area contributed by atoms with Crippen molar-refractivity contribution in [2.45, 2.75) is 32.9 Å². The van der Waals surface area contributed by atoms with Gasteiger partial charge in [0, 0.05) is 22.0 Å². The zero-order chi connectivity index (χ0) is 15.1. The predicted molar refractivity (Wildman–Crippen MR) is 84.6 cm³/mol. The molecule has 2 atom stereocenters. The van der Waals surface area contributed by atoms with Gasteiger partial charge in [0.1, 0.15) is 5.58 Å². The molecule has 0 radical (unpaired) electrons. The Kier molecular flexibility index (Phi) is 3.80. The maximum atomic E-state index is 12.8. The van der Waals surface area contributed by atoms with E-state index in [2.05, 4.69) is 15.9 Å². The van der Waals surface area contributed by atoms with E-state index in [1.807, 2.05) is 43.9 Å². The molecule has 3 rings (SSSR count). The molecule has 0 saturated carbocycles. The van der Waals surface area contributed by atoms with Crippen molar-refractivity contribution in [2.24, 2.45) is 0 Å². The third kappa shape index (κ3) is 2.60. The Hall–Kier alpha value is -1.33. The van der Waals surface area contributed by atoms with Gasteiger partial charge in [-0.05, 0) is 39.0 Å². The van der Waals surface area contributed by atoms with Crippen LogP contribution in [0.1, 0.15) is 30.0 Å². The number of halogens is 1. The minimum absolute atomic E-state index is 0.0533. The molecule has 2 heterocycles. The molecule has 1 aliphatic rings. The molecule has 2 aromatic rings. The third-order valence-electron chi connectivity index (χ3n) is 3.96. The minimum atomic E-state index is -0.0533. The van der Waals surface area contributed by atoms with Gasteiger partial charge < -0.3 is 14.1 Å². The fourth-order valence-corrected chi connectivity index (χ4v) is 3.07. The summed E-state index contributed by atoms with van der Waals surface area (Å²) >= 11 is 3.45. The standard InChI is InChI=1S/C16H18BrNO3/c1-9-8-20-10(2)7-18(9)16(19)15-11(3)13-6-12(17)4-5-14(13)21-15/h4-6,9-10H,7-8H2,1-3H3. The number of rotatable bonds is 1. The minimum Gasteiger partial charge on any atom is -0.451 e. The summed E-state index contributed by atoms with van der Waals surface area (Å²) in [7, 11) is 0. The van der Waals surface area contributed by atoms with E-state index >= 15 is 0 Å². The van der Waals surface area contributed by atoms with Gasteiger partial charge in [0.15, 0.2) is 5.76 Å². The summed E-state index contributed by atoms with van der Waals surface area (Å²) in [5.41, 5.74) is 1.63. The van der Waals surface area contributed by atoms with E-state index in [0.717, 1.165) is 21.0 Å². The second-order valence-electron chi connectivity index (χ2n) is 5.65. The quantitative estimate of drug-likeness (QED) is 0.785. The van der Waals surface area contributed by atoms with Crippen LogP contribution < -0.4 is 0 Å². The molecule has 1 aromatic carbocycles. The topological polar surface area (TPSA) is 42.7 Å². The maximum Gasteiger partial charge on any atom is 0.290 e. The number of benzene rings is 1. The third-order valence-corrected chi connectivity index (χ3v) is 4.45. The van der Waals surface area contributed by atoms with Crippen LogP contribution in [0.5, 0.6) is 0 Å². The molecular formula is C16H18BrNO3. The predicted octanol–water partition coefficient (Wildman–Crippen LogP) is 3.75. The van der Waals surface area contributed by atoms with Crippen molar-refractivity contribution in [3.63, 3.8) is 0 Å². The van der Waals surface area contributed by atoms with Crippen LogP contribution in [0.4, 0.5) is 0 Å². The van der Waals surface area contributed by atoms with Crippen LogP contribution in [-0.2, 0) is 4.74 Å². The van der Waals surface area contributed by atoms with Crippen LogP contribution in [0.2, 0.25) is 0 Å². The lowest BCUT2D eigenvalue weighted by atomic mass is 10.1. The first kappa shape index (κ1) is 14.6. The van der Waals surface area contributed by atoms with Gasteiger partial charge in [0.05, 0.1) is 18.8 Å². The normalized spacial score (nSPS) is 22.8. The number of hydrogen-bond donors (Lipinski definition) is 0. The average molecular weight is 352 g/mol. The zero-order valence-electron chi connectivity index (χ0n) is 12.4. The summed E-state index contributed by atoms with van der Waals surface area (Å²) in [4.78, 5) is 14.6. The molecular weight excluding hydrogens is 334 g/mol. The van der Waals surface area contributed by atoms with Crippen LogP contribution in [-0.4, -0.2) is 36.1 Å². The summed E-state index contributed by atoms with van der Waals surface area (Å²) in [5.74, 6) is 0.381. The van der Waals surface area contributed by atoms with Gasteiger partial charge in [-0.3, -0.25) is 4.79 Å². The second kappa shape index (κ2) is 5.46. The molecule has 1 amide bonds. The van der Waals surface area contributed by atoms with E-state index in [4.69, 9.17) is 9.15 Å². The number of carbonyl (C=O) groups excluding carboxylic acids is 1. The summed E-state index contributed by atoms with van der Waals surface area (Å²) in [5, 5.41) is 0.974. The van der Waals surface area contributed by atoms with E-state index in [1.54, 1.807) is 0 Å². The molecule has 1 saturated heterocycles. The molecule has 0 bridgehead atoms. The first-order valence-corrected chi connectivity index (χ1v) is 7.88. The highest BCUT2D eigenvalue weighted by Crippen LogP contribution is 2.29. The number of furan rings is 1. The van der Waals surface area contributed by atoms with Crippen LogP contribution in [0, 0.1) is 6.92 Å². The lowest BCUT2D eigenvalue weighted by Crippen LogP contribution is -2.50. The number of hydrogen-bond acceptors (Lipinski definition) is 3. The number of fused-ring (bicyclic) bond motifs is 1. The second-order valence-corrected chi connectivity index (χ2v) is 6.56. The monoisotopic (exact) mass is 351 g/mol. The van der Waals surface area contributed by atoms with E-state index in [0.29, 0.717) is 18.9 Å². The fourth-order valence-electron chi connectivity index (χ4n) is 2.71. The Labute approximate surface area is 132 Å². The molecule has 4 nitrogen and oxygen atoms in total. The number of ether oxygens (including phenoxy) is 1. The SMILES string of the molecule is Cc1c(C(=O)N2CC(C)OCC2C)oc2ccc(Br)cc12. The Balaban J connectivity index is 1.99. The Morgan fingerprint density at radius 2 is 2.14 bits per heavy atom. The first-order chi connectivity index (χ1) is 9.97. The van der Waals surface area contributed by atoms with Crippen molar-refractivity contribution in [2.75, 3.05) is 13.2 Å². The zero-order valence-corrected chi connectivity index (χ0v) is 13.9. The highest BCUT2D eigenvalue weighted by Gasteiger charge is 2.31. The van der Waals surface area contributed by atoms with Gasteiger partial charge in [-0.25, -0.2) is 0 Å². The van der Waals surface area contributed by atoms with Crippen molar-refractivity contribution in [3.8, 4) is 0 Å². The largest absolute Gasteiger partial charge is 0.451 e. The van der Waals surface area contributed by atoms with Gasteiger partial charge >= 0.3 is 0 Å². The molecule has 1 aromatic heterocycles. The van der Waals surface area contributed by atoms with E-state index in [-0.39, 0.29) is 18.1 Å². The molecule has 2 unspecified atom stereocenters. The van der Waals surface area contributed by atoms with Crippen LogP contribution in [0.15, 0.2) is 27.1 Å².